The molecule has 0 fully saturated rings. The van der Waals surface area contributed by atoms with Crippen LogP contribution in [-0.2, 0) is 4.79 Å². The second kappa shape index (κ2) is 6.69. The van der Waals surface area contributed by atoms with Gasteiger partial charge in [0.25, 0.3) is 5.91 Å². The molecule has 1 aromatic carbocycles. The largest absolute Gasteiger partial charge is 0.480 e. The molecule has 1 amide bonds. The molecule has 0 spiro atoms. The molecule has 0 aliphatic heterocycles. The van der Waals surface area contributed by atoms with Crippen molar-refractivity contribution in [1.82, 2.24) is 4.98 Å². The zero-order chi connectivity index (χ0) is 15.4. The third-order valence-electron chi connectivity index (χ3n) is 2.62. The Hall–Kier alpha value is -1.92. The molecule has 1 N–H and O–H groups in total. The van der Waals surface area contributed by atoms with Gasteiger partial charge < -0.3 is 5.11 Å². The number of aromatic nitrogens is 1. The lowest BCUT2D eigenvalue weighted by Gasteiger charge is -2.20. The summed E-state index contributed by atoms with van der Waals surface area (Å²) >= 11 is 9.03. The Morgan fingerprint density at radius 3 is 2.38 bits per heavy atom. The third-order valence-corrected chi connectivity index (χ3v) is 3.34. The molecule has 1 heterocycles. The SMILES string of the molecule is O=C(O)CN(C(=O)c1ccc(Br)cn1)c1ccc(Cl)cc1. The van der Waals surface area contributed by atoms with E-state index in [0.29, 0.717) is 10.7 Å². The highest BCUT2D eigenvalue weighted by atomic mass is 79.9. The maximum atomic E-state index is 12.4. The van der Waals surface area contributed by atoms with Crippen molar-refractivity contribution in [3.8, 4) is 0 Å². The number of hydrogen-bond donors (Lipinski definition) is 1. The lowest BCUT2D eigenvalue weighted by molar-refractivity contribution is -0.135. The molecule has 0 unspecified atom stereocenters. The number of anilines is 1. The van der Waals surface area contributed by atoms with Crippen LogP contribution in [0.4, 0.5) is 5.69 Å². The number of amides is 1. The molecule has 0 atom stereocenters. The number of halogens is 2. The second-order valence-corrected chi connectivity index (χ2v) is 5.48. The number of carbonyl (C=O) groups excluding carboxylic acids is 1. The number of carboxylic acid groups (broad SMARTS) is 1. The Labute approximate surface area is 134 Å². The van der Waals surface area contributed by atoms with E-state index in [0.717, 1.165) is 9.37 Å². The topological polar surface area (TPSA) is 70.5 Å². The predicted octanol–water partition coefficient (Wildman–Crippen LogP) is 3.23. The lowest BCUT2D eigenvalue weighted by Crippen LogP contribution is -2.36. The van der Waals surface area contributed by atoms with Crippen LogP contribution in [0.2, 0.25) is 5.02 Å². The first-order valence-electron chi connectivity index (χ1n) is 5.88. The van der Waals surface area contributed by atoms with Crippen LogP contribution in [0.3, 0.4) is 0 Å². The number of carbonyl (C=O) groups is 2. The lowest BCUT2D eigenvalue weighted by atomic mass is 10.2. The molecule has 0 bridgehead atoms. The highest BCUT2D eigenvalue weighted by Crippen LogP contribution is 2.20. The minimum Gasteiger partial charge on any atom is -0.480 e. The Morgan fingerprint density at radius 1 is 1.19 bits per heavy atom. The Bertz CT molecular complexity index is 659. The van der Waals surface area contributed by atoms with Crippen molar-refractivity contribution in [1.29, 1.82) is 0 Å². The van der Waals surface area contributed by atoms with Gasteiger partial charge in [-0.1, -0.05) is 11.6 Å². The van der Waals surface area contributed by atoms with E-state index in [-0.39, 0.29) is 5.69 Å². The van der Waals surface area contributed by atoms with Crippen molar-refractivity contribution in [2.24, 2.45) is 0 Å². The Balaban J connectivity index is 2.35. The van der Waals surface area contributed by atoms with Crippen molar-refractivity contribution < 1.29 is 14.7 Å². The average Bonchev–Trinajstić information content (AvgIpc) is 2.46. The number of hydrogen-bond acceptors (Lipinski definition) is 3. The molecule has 2 aromatic rings. The zero-order valence-corrected chi connectivity index (χ0v) is 13.0. The van der Waals surface area contributed by atoms with E-state index in [1.807, 2.05) is 0 Å². The number of nitrogens with zero attached hydrogens (tertiary/aromatic N) is 2. The molecular formula is C14H10BrClN2O3. The molecule has 0 aliphatic rings. The summed E-state index contributed by atoms with van der Waals surface area (Å²) in [7, 11) is 0. The number of carboxylic acids is 1. The quantitative estimate of drug-likeness (QED) is 0.898. The molecule has 108 valence electrons. The van der Waals surface area contributed by atoms with Crippen molar-refractivity contribution in [3.63, 3.8) is 0 Å². The fraction of sp³-hybridized carbons (Fsp3) is 0.0714. The number of aliphatic carboxylic acids is 1. The molecule has 7 heteroatoms. The summed E-state index contributed by atoms with van der Waals surface area (Å²) in [6, 6.07) is 9.55. The minimum atomic E-state index is -1.12. The summed E-state index contributed by atoms with van der Waals surface area (Å²) in [4.78, 5) is 28.5. The summed E-state index contributed by atoms with van der Waals surface area (Å²) in [6.07, 6.45) is 1.48. The van der Waals surface area contributed by atoms with Gasteiger partial charge in [0.1, 0.15) is 12.2 Å². The molecule has 0 saturated carbocycles. The van der Waals surface area contributed by atoms with Gasteiger partial charge >= 0.3 is 5.97 Å². The summed E-state index contributed by atoms with van der Waals surface area (Å²) in [5.74, 6) is -1.61. The van der Waals surface area contributed by atoms with Gasteiger partial charge in [-0.05, 0) is 52.3 Å². The maximum absolute atomic E-state index is 12.4. The smallest absolute Gasteiger partial charge is 0.323 e. The number of pyridine rings is 1. The summed E-state index contributed by atoms with van der Waals surface area (Å²) in [5.41, 5.74) is 0.603. The highest BCUT2D eigenvalue weighted by molar-refractivity contribution is 9.10. The number of benzene rings is 1. The molecular weight excluding hydrogens is 360 g/mol. The molecule has 2 rings (SSSR count). The predicted molar refractivity (Wildman–Crippen MR) is 82.7 cm³/mol. The van der Waals surface area contributed by atoms with Crippen LogP contribution in [0.25, 0.3) is 0 Å². The van der Waals surface area contributed by atoms with Gasteiger partial charge in [-0.2, -0.15) is 0 Å². The van der Waals surface area contributed by atoms with Gasteiger partial charge in [-0.25, -0.2) is 4.98 Å². The van der Waals surface area contributed by atoms with Gasteiger partial charge in [0.15, 0.2) is 0 Å². The van der Waals surface area contributed by atoms with Crippen molar-refractivity contribution >= 4 is 45.1 Å². The van der Waals surface area contributed by atoms with Gasteiger partial charge in [-0.15, -0.1) is 0 Å². The van der Waals surface area contributed by atoms with Crippen LogP contribution in [0.1, 0.15) is 10.5 Å². The Morgan fingerprint density at radius 2 is 1.86 bits per heavy atom. The van der Waals surface area contributed by atoms with E-state index in [4.69, 9.17) is 16.7 Å². The fourth-order valence-corrected chi connectivity index (χ4v) is 2.04. The zero-order valence-electron chi connectivity index (χ0n) is 10.7. The maximum Gasteiger partial charge on any atom is 0.323 e. The van der Waals surface area contributed by atoms with Crippen molar-refractivity contribution in [2.75, 3.05) is 11.4 Å². The minimum absolute atomic E-state index is 0.161. The van der Waals surface area contributed by atoms with E-state index >= 15 is 0 Å². The van der Waals surface area contributed by atoms with Gasteiger partial charge in [0.2, 0.25) is 0 Å². The molecule has 0 saturated heterocycles. The summed E-state index contributed by atoms with van der Waals surface area (Å²) in [5, 5.41) is 9.49. The van der Waals surface area contributed by atoms with E-state index < -0.39 is 18.4 Å². The first-order valence-corrected chi connectivity index (χ1v) is 7.05. The fourth-order valence-electron chi connectivity index (χ4n) is 1.68. The van der Waals surface area contributed by atoms with Crippen LogP contribution >= 0.6 is 27.5 Å². The normalized spacial score (nSPS) is 10.2. The molecule has 0 aliphatic carbocycles. The molecule has 0 radical (unpaired) electrons. The van der Waals surface area contributed by atoms with E-state index in [2.05, 4.69) is 20.9 Å². The summed E-state index contributed by atoms with van der Waals surface area (Å²) < 4.78 is 0.732. The van der Waals surface area contributed by atoms with Gasteiger partial charge in [0.05, 0.1) is 0 Å². The molecule has 21 heavy (non-hydrogen) atoms. The van der Waals surface area contributed by atoms with E-state index in [9.17, 15) is 9.59 Å². The second-order valence-electron chi connectivity index (χ2n) is 4.12. The van der Waals surface area contributed by atoms with Crippen LogP contribution in [0.5, 0.6) is 0 Å². The van der Waals surface area contributed by atoms with E-state index in [1.54, 1.807) is 30.3 Å². The third kappa shape index (κ3) is 4.03. The number of rotatable bonds is 4. The first kappa shape index (κ1) is 15.5. The van der Waals surface area contributed by atoms with Crippen molar-refractivity contribution in [2.45, 2.75) is 0 Å². The molecule has 5 nitrogen and oxygen atoms in total. The van der Waals surface area contributed by atoms with Crippen LogP contribution in [-0.4, -0.2) is 28.5 Å². The van der Waals surface area contributed by atoms with Crippen molar-refractivity contribution in [3.05, 3.63) is 57.8 Å². The van der Waals surface area contributed by atoms with Gasteiger partial charge in [-0.3, -0.25) is 14.5 Å². The van der Waals surface area contributed by atoms with Crippen LogP contribution < -0.4 is 4.90 Å². The Kier molecular flexibility index (Phi) is 4.93. The summed E-state index contributed by atoms with van der Waals surface area (Å²) in [6.45, 7) is -0.460. The highest BCUT2D eigenvalue weighted by Gasteiger charge is 2.21. The molecule has 1 aromatic heterocycles. The average molecular weight is 370 g/mol. The first-order chi connectivity index (χ1) is 9.97. The monoisotopic (exact) mass is 368 g/mol. The van der Waals surface area contributed by atoms with Crippen LogP contribution in [0, 0.1) is 0 Å². The van der Waals surface area contributed by atoms with E-state index in [1.165, 1.54) is 12.3 Å². The standard InChI is InChI=1S/C14H10BrClN2O3/c15-9-1-6-12(17-7-9)14(21)18(8-13(19)20)11-4-2-10(16)3-5-11/h1-7H,8H2,(H,19,20). The van der Waals surface area contributed by atoms with Crippen LogP contribution in [0.15, 0.2) is 47.1 Å². The van der Waals surface area contributed by atoms with Gasteiger partial charge in [0, 0.05) is 21.4 Å².